The summed E-state index contributed by atoms with van der Waals surface area (Å²) < 4.78 is 19.5. The highest BCUT2D eigenvalue weighted by Gasteiger charge is 2.24. The number of aliphatic imine (C=N–C) groups is 1. The third kappa shape index (κ3) is 4.90. The van der Waals surface area contributed by atoms with Gasteiger partial charge in [-0.25, -0.2) is 9.38 Å². The highest BCUT2D eigenvalue weighted by Crippen LogP contribution is 2.29. The van der Waals surface area contributed by atoms with Crippen LogP contribution in [0.5, 0.6) is 5.75 Å². The van der Waals surface area contributed by atoms with Gasteiger partial charge in [0.2, 0.25) is 0 Å². The monoisotopic (exact) mass is 438 g/mol. The minimum atomic E-state index is -0.440. The summed E-state index contributed by atoms with van der Waals surface area (Å²) in [5.74, 6) is -0.0128. The molecule has 0 aliphatic carbocycles. The number of carbonyl (C=O) groups is 1. The van der Waals surface area contributed by atoms with Crippen molar-refractivity contribution in [2.24, 2.45) is 4.99 Å². The van der Waals surface area contributed by atoms with E-state index in [1.54, 1.807) is 24.3 Å². The molecule has 0 radical (unpaired) electrons. The van der Waals surface area contributed by atoms with Gasteiger partial charge in [-0.3, -0.25) is 4.79 Å². The Bertz CT molecular complexity index is 1150. The number of benzene rings is 3. The molecule has 150 valence electrons. The summed E-state index contributed by atoms with van der Waals surface area (Å²) in [6, 6.07) is 21.0. The number of para-hydroxylation sites is 1. The number of carbonyl (C=O) groups excluding carboxylic acids is 1. The molecule has 3 aromatic rings. The molecule has 0 spiro atoms. The first-order valence-corrected chi connectivity index (χ1v) is 10.3. The summed E-state index contributed by atoms with van der Waals surface area (Å²) >= 11 is 7.31. The van der Waals surface area contributed by atoms with Crippen molar-refractivity contribution in [1.82, 2.24) is 5.32 Å². The molecule has 0 unspecified atom stereocenters. The topological polar surface area (TPSA) is 50.7 Å². The normalized spacial score (nSPS) is 16.1. The van der Waals surface area contributed by atoms with Gasteiger partial charge in [-0.1, -0.05) is 54.1 Å². The molecule has 4 rings (SSSR count). The molecule has 1 aliphatic rings. The first kappa shape index (κ1) is 20.2. The summed E-state index contributed by atoms with van der Waals surface area (Å²) in [5.41, 5.74) is 1.93. The van der Waals surface area contributed by atoms with Crippen LogP contribution in [0.25, 0.3) is 6.08 Å². The van der Waals surface area contributed by atoms with Crippen LogP contribution in [0.1, 0.15) is 11.1 Å². The number of thioether (sulfide) groups is 1. The molecule has 7 heteroatoms. The van der Waals surface area contributed by atoms with Gasteiger partial charge in [-0.05, 0) is 53.7 Å². The first-order chi connectivity index (χ1) is 14.6. The standard InChI is InChI=1S/C23H16ClFN2O2S/c24-18-6-2-1-5-16(18)14-29-17-11-9-15(10-12-17)13-21-22(28)27-23(30-21)26-20-8-4-3-7-19(20)25/h1-13H,14H2,(H,26,27,28). The Morgan fingerprint density at radius 3 is 2.53 bits per heavy atom. The number of halogens is 2. The van der Waals surface area contributed by atoms with Gasteiger partial charge >= 0.3 is 0 Å². The van der Waals surface area contributed by atoms with Gasteiger partial charge in [-0.15, -0.1) is 0 Å². The summed E-state index contributed by atoms with van der Waals surface area (Å²) in [6.45, 7) is 0.369. The van der Waals surface area contributed by atoms with Crippen molar-refractivity contribution >= 4 is 46.2 Å². The van der Waals surface area contributed by atoms with Crippen molar-refractivity contribution < 1.29 is 13.9 Å². The number of nitrogens with zero attached hydrogens (tertiary/aromatic N) is 1. The Morgan fingerprint density at radius 2 is 1.77 bits per heavy atom. The lowest BCUT2D eigenvalue weighted by molar-refractivity contribution is -0.115. The molecule has 0 atom stereocenters. The van der Waals surface area contributed by atoms with Gasteiger partial charge in [0.15, 0.2) is 5.17 Å². The zero-order chi connectivity index (χ0) is 20.9. The van der Waals surface area contributed by atoms with E-state index in [4.69, 9.17) is 16.3 Å². The minimum absolute atomic E-state index is 0.182. The first-order valence-electron chi connectivity index (χ1n) is 9.09. The van der Waals surface area contributed by atoms with E-state index in [1.807, 2.05) is 48.5 Å². The number of hydrogen-bond donors (Lipinski definition) is 1. The Morgan fingerprint density at radius 1 is 1.03 bits per heavy atom. The third-order valence-electron chi connectivity index (χ3n) is 4.26. The van der Waals surface area contributed by atoms with Gasteiger partial charge < -0.3 is 10.1 Å². The fourth-order valence-electron chi connectivity index (χ4n) is 2.72. The van der Waals surface area contributed by atoms with Crippen molar-refractivity contribution in [3.05, 3.63) is 99.7 Å². The van der Waals surface area contributed by atoms with Crippen LogP contribution in [-0.2, 0) is 11.4 Å². The van der Waals surface area contributed by atoms with E-state index >= 15 is 0 Å². The second-order valence-corrected chi connectivity index (χ2v) is 7.82. The SMILES string of the molecule is O=C1NC(=Nc2ccccc2F)SC1=Cc1ccc(OCc2ccccc2Cl)cc1. The maximum Gasteiger partial charge on any atom is 0.264 e. The van der Waals surface area contributed by atoms with E-state index in [1.165, 1.54) is 17.8 Å². The lowest BCUT2D eigenvalue weighted by atomic mass is 10.2. The van der Waals surface area contributed by atoms with Crippen LogP contribution in [0.3, 0.4) is 0 Å². The van der Waals surface area contributed by atoms with Crippen LogP contribution < -0.4 is 10.1 Å². The van der Waals surface area contributed by atoms with Gasteiger partial charge in [0, 0.05) is 10.6 Å². The van der Waals surface area contributed by atoms with Crippen LogP contribution in [0.4, 0.5) is 10.1 Å². The van der Waals surface area contributed by atoms with Gasteiger partial charge in [0.1, 0.15) is 23.9 Å². The number of ether oxygens (including phenoxy) is 1. The number of amides is 1. The van der Waals surface area contributed by atoms with E-state index < -0.39 is 5.82 Å². The van der Waals surface area contributed by atoms with Crippen molar-refractivity contribution in [2.75, 3.05) is 0 Å². The third-order valence-corrected chi connectivity index (χ3v) is 5.53. The molecule has 1 amide bonds. The zero-order valence-electron chi connectivity index (χ0n) is 15.6. The summed E-state index contributed by atoms with van der Waals surface area (Å²) in [6.07, 6.45) is 1.75. The maximum atomic E-state index is 13.8. The molecular weight excluding hydrogens is 423 g/mol. The summed E-state index contributed by atoms with van der Waals surface area (Å²) in [7, 11) is 0. The predicted molar refractivity (Wildman–Crippen MR) is 119 cm³/mol. The van der Waals surface area contributed by atoms with Crippen molar-refractivity contribution in [2.45, 2.75) is 6.61 Å². The molecule has 1 heterocycles. The molecule has 1 saturated heterocycles. The number of amidine groups is 1. The van der Waals surface area contributed by atoms with Crippen molar-refractivity contribution in [3.63, 3.8) is 0 Å². The molecular formula is C23H16ClFN2O2S. The molecule has 0 bridgehead atoms. The van der Waals surface area contributed by atoms with E-state index in [-0.39, 0.29) is 11.6 Å². The number of hydrogen-bond acceptors (Lipinski definition) is 4. The molecule has 3 aromatic carbocycles. The van der Waals surface area contributed by atoms with Gasteiger partial charge in [-0.2, -0.15) is 0 Å². The largest absolute Gasteiger partial charge is 0.489 e. The molecule has 0 saturated carbocycles. The fourth-order valence-corrected chi connectivity index (χ4v) is 3.75. The van der Waals surface area contributed by atoms with Crippen LogP contribution in [-0.4, -0.2) is 11.1 Å². The number of nitrogens with one attached hydrogen (secondary N) is 1. The molecule has 0 aromatic heterocycles. The lowest BCUT2D eigenvalue weighted by Crippen LogP contribution is -2.19. The smallest absolute Gasteiger partial charge is 0.264 e. The predicted octanol–water partition coefficient (Wildman–Crippen LogP) is 5.95. The summed E-state index contributed by atoms with van der Waals surface area (Å²) in [5, 5.41) is 3.66. The van der Waals surface area contributed by atoms with Crippen LogP contribution in [0.2, 0.25) is 5.02 Å². The van der Waals surface area contributed by atoms with Crippen molar-refractivity contribution in [1.29, 1.82) is 0 Å². The van der Waals surface area contributed by atoms with Crippen LogP contribution >= 0.6 is 23.4 Å². The van der Waals surface area contributed by atoms with Crippen molar-refractivity contribution in [3.8, 4) is 5.75 Å². The molecule has 1 N–H and O–H groups in total. The van der Waals surface area contributed by atoms with Gasteiger partial charge in [0.05, 0.1) is 4.91 Å². The Balaban J connectivity index is 1.43. The van der Waals surface area contributed by atoms with Crippen LogP contribution in [0.15, 0.2) is 82.7 Å². The lowest BCUT2D eigenvalue weighted by Gasteiger charge is -2.08. The Kier molecular flexibility index (Phi) is 6.16. The molecule has 1 aliphatic heterocycles. The second-order valence-electron chi connectivity index (χ2n) is 6.38. The fraction of sp³-hybridized carbons (Fsp3) is 0.0435. The molecule has 1 fully saturated rings. The average molecular weight is 439 g/mol. The average Bonchev–Trinajstić information content (AvgIpc) is 3.09. The summed E-state index contributed by atoms with van der Waals surface area (Å²) in [4.78, 5) is 16.9. The molecule has 30 heavy (non-hydrogen) atoms. The minimum Gasteiger partial charge on any atom is -0.489 e. The highest BCUT2D eigenvalue weighted by atomic mass is 35.5. The Hall–Kier alpha value is -3.09. The van der Waals surface area contributed by atoms with E-state index in [2.05, 4.69) is 10.3 Å². The van der Waals surface area contributed by atoms with E-state index in [0.717, 1.165) is 11.1 Å². The highest BCUT2D eigenvalue weighted by molar-refractivity contribution is 8.18. The van der Waals surface area contributed by atoms with E-state index in [9.17, 15) is 9.18 Å². The second kappa shape index (κ2) is 9.15. The van der Waals surface area contributed by atoms with Gasteiger partial charge in [0.25, 0.3) is 5.91 Å². The maximum absolute atomic E-state index is 13.8. The molecule has 4 nitrogen and oxygen atoms in total. The zero-order valence-corrected chi connectivity index (χ0v) is 17.2. The van der Waals surface area contributed by atoms with Crippen LogP contribution in [0, 0.1) is 5.82 Å². The number of rotatable bonds is 5. The quantitative estimate of drug-likeness (QED) is 0.501. The van der Waals surface area contributed by atoms with E-state index in [0.29, 0.717) is 27.5 Å². The Labute approximate surface area is 182 Å².